The van der Waals surface area contributed by atoms with Gasteiger partial charge in [0.2, 0.25) is 5.91 Å². The van der Waals surface area contributed by atoms with Gasteiger partial charge in [-0.05, 0) is 25.6 Å². The molecule has 0 aliphatic rings. The van der Waals surface area contributed by atoms with E-state index >= 15 is 0 Å². The number of nitrogens with zero attached hydrogens (tertiary/aromatic N) is 1. The zero-order chi connectivity index (χ0) is 12.7. The van der Waals surface area contributed by atoms with Crippen LogP contribution in [0.5, 0.6) is 0 Å². The molecule has 0 spiro atoms. The minimum Gasteiger partial charge on any atom is -0.395 e. The lowest BCUT2D eigenvalue weighted by Gasteiger charge is -2.25. The highest BCUT2D eigenvalue weighted by Crippen LogP contribution is 2.07. The highest BCUT2D eigenvalue weighted by atomic mass is 16.3. The molecular formula is C13H20N2O2. The van der Waals surface area contributed by atoms with Crippen molar-refractivity contribution in [2.75, 3.05) is 25.0 Å². The van der Waals surface area contributed by atoms with Crippen LogP contribution in [-0.4, -0.2) is 41.7 Å². The number of aliphatic hydroxyl groups excluding tert-OH is 1. The van der Waals surface area contributed by atoms with Crippen molar-refractivity contribution in [3.63, 3.8) is 0 Å². The molecule has 1 rings (SSSR count). The molecule has 0 heterocycles. The predicted octanol–water partition coefficient (Wildman–Crippen LogP) is 1.33. The van der Waals surface area contributed by atoms with Crippen molar-refractivity contribution in [2.45, 2.75) is 19.9 Å². The number of anilines is 1. The van der Waals surface area contributed by atoms with Crippen molar-refractivity contribution < 1.29 is 9.90 Å². The van der Waals surface area contributed by atoms with E-state index in [4.69, 9.17) is 5.11 Å². The number of carbonyl (C=O) groups is 1. The Morgan fingerprint density at radius 3 is 2.59 bits per heavy atom. The fourth-order valence-corrected chi connectivity index (χ4v) is 1.69. The Labute approximate surface area is 102 Å². The Bertz CT molecular complexity index is 341. The molecule has 1 atom stereocenters. The van der Waals surface area contributed by atoms with Crippen LogP contribution < -0.4 is 5.32 Å². The number of rotatable bonds is 6. The third-order valence-electron chi connectivity index (χ3n) is 2.76. The maximum Gasteiger partial charge on any atom is 0.241 e. The van der Waals surface area contributed by atoms with Crippen LogP contribution in [0.1, 0.15) is 13.8 Å². The first-order valence-electron chi connectivity index (χ1n) is 5.89. The van der Waals surface area contributed by atoms with Gasteiger partial charge in [-0.2, -0.15) is 0 Å². The number of carbonyl (C=O) groups excluding carboxylic acids is 1. The number of benzene rings is 1. The molecule has 0 aromatic heterocycles. The predicted molar refractivity (Wildman–Crippen MR) is 68.9 cm³/mol. The molecule has 0 bridgehead atoms. The molecule has 1 amide bonds. The summed E-state index contributed by atoms with van der Waals surface area (Å²) in [5.74, 6) is -0.0495. The van der Waals surface area contributed by atoms with E-state index in [1.54, 1.807) is 0 Å². The molecule has 0 radical (unpaired) electrons. The normalized spacial score (nSPS) is 12.5. The molecule has 1 aromatic rings. The molecule has 0 saturated carbocycles. The number of hydrogen-bond donors (Lipinski definition) is 2. The Morgan fingerprint density at radius 1 is 1.41 bits per heavy atom. The van der Waals surface area contributed by atoms with E-state index in [0.29, 0.717) is 6.54 Å². The van der Waals surface area contributed by atoms with Crippen molar-refractivity contribution in [1.29, 1.82) is 0 Å². The quantitative estimate of drug-likeness (QED) is 0.783. The van der Waals surface area contributed by atoms with Gasteiger partial charge in [0.15, 0.2) is 0 Å². The molecule has 0 saturated heterocycles. The average molecular weight is 236 g/mol. The van der Waals surface area contributed by atoms with Crippen LogP contribution in [0, 0.1) is 0 Å². The summed E-state index contributed by atoms with van der Waals surface area (Å²) < 4.78 is 0. The second-order valence-electron chi connectivity index (χ2n) is 3.88. The number of amides is 1. The Hall–Kier alpha value is -1.39. The summed E-state index contributed by atoms with van der Waals surface area (Å²) in [6.45, 7) is 5.14. The number of para-hydroxylation sites is 1. The molecule has 1 unspecified atom stereocenters. The van der Waals surface area contributed by atoms with Gasteiger partial charge in [-0.1, -0.05) is 25.1 Å². The van der Waals surface area contributed by atoms with Crippen molar-refractivity contribution in [2.24, 2.45) is 0 Å². The first kappa shape index (κ1) is 13.7. The molecule has 94 valence electrons. The van der Waals surface area contributed by atoms with Gasteiger partial charge in [-0.25, -0.2) is 0 Å². The lowest BCUT2D eigenvalue weighted by molar-refractivity contribution is -0.120. The smallest absolute Gasteiger partial charge is 0.241 e. The summed E-state index contributed by atoms with van der Waals surface area (Å²) in [4.78, 5) is 13.9. The Morgan fingerprint density at radius 2 is 2.06 bits per heavy atom. The lowest BCUT2D eigenvalue weighted by atomic mass is 10.2. The van der Waals surface area contributed by atoms with Gasteiger partial charge in [0.25, 0.3) is 0 Å². The molecule has 1 aromatic carbocycles. The molecule has 0 aliphatic carbocycles. The fourth-order valence-electron chi connectivity index (χ4n) is 1.69. The lowest BCUT2D eigenvalue weighted by Crippen LogP contribution is -2.43. The van der Waals surface area contributed by atoms with Crippen molar-refractivity contribution in [3.05, 3.63) is 30.3 Å². The zero-order valence-corrected chi connectivity index (χ0v) is 10.4. The average Bonchev–Trinajstić information content (AvgIpc) is 2.36. The highest BCUT2D eigenvalue weighted by Gasteiger charge is 2.19. The molecular weight excluding hydrogens is 216 g/mol. The van der Waals surface area contributed by atoms with E-state index in [0.717, 1.165) is 12.2 Å². The Balaban J connectivity index is 2.57. The van der Waals surface area contributed by atoms with Crippen LogP contribution in [0.4, 0.5) is 5.69 Å². The third-order valence-corrected chi connectivity index (χ3v) is 2.76. The van der Waals surface area contributed by atoms with Crippen LogP contribution in [0.2, 0.25) is 0 Å². The summed E-state index contributed by atoms with van der Waals surface area (Å²) in [6, 6.07) is 9.13. The van der Waals surface area contributed by atoms with E-state index in [1.807, 2.05) is 49.1 Å². The second-order valence-corrected chi connectivity index (χ2v) is 3.88. The summed E-state index contributed by atoms with van der Waals surface area (Å²) in [5, 5.41) is 11.8. The largest absolute Gasteiger partial charge is 0.395 e. The van der Waals surface area contributed by atoms with E-state index in [1.165, 1.54) is 0 Å². The van der Waals surface area contributed by atoms with Gasteiger partial charge in [0.05, 0.1) is 12.6 Å². The van der Waals surface area contributed by atoms with Gasteiger partial charge in [-0.15, -0.1) is 0 Å². The standard InChI is InChI=1S/C13H20N2O2/c1-3-15(9-10-16)11(2)13(17)14-12-7-5-4-6-8-12/h4-8,11,16H,3,9-10H2,1-2H3,(H,14,17). The van der Waals surface area contributed by atoms with Gasteiger partial charge in [0, 0.05) is 12.2 Å². The molecule has 4 heteroatoms. The number of nitrogens with one attached hydrogen (secondary N) is 1. The topological polar surface area (TPSA) is 52.6 Å². The van der Waals surface area contributed by atoms with Gasteiger partial charge in [0.1, 0.15) is 0 Å². The molecule has 17 heavy (non-hydrogen) atoms. The van der Waals surface area contributed by atoms with Crippen LogP contribution in [-0.2, 0) is 4.79 Å². The number of aliphatic hydroxyl groups is 1. The number of likely N-dealkylation sites (N-methyl/N-ethyl adjacent to an activating group) is 1. The van der Waals surface area contributed by atoms with Crippen LogP contribution >= 0.6 is 0 Å². The van der Waals surface area contributed by atoms with Crippen molar-refractivity contribution >= 4 is 11.6 Å². The van der Waals surface area contributed by atoms with E-state index < -0.39 is 0 Å². The molecule has 4 nitrogen and oxygen atoms in total. The van der Waals surface area contributed by atoms with Gasteiger partial charge >= 0.3 is 0 Å². The van der Waals surface area contributed by atoms with Crippen LogP contribution in [0.25, 0.3) is 0 Å². The van der Waals surface area contributed by atoms with Crippen molar-refractivity contribution in [3.8, 4) is 0 Å². The summed E-state index contributed by atoms with van der Waals surface area (Å²) in [5.41, 5.74) is 0.796. The Kier molecular flexibility index (Phi) is 5.66. The second kappa shape index (κ2) is 7.04. The third kappa shape index (κ3) is 4.17. The fraction of sp³-hybridized carbons (Fsp3) is 0.462. The van der Waals surface area contributed by atoms with E-state index in [9.17, 15) is 4.79 Å². The summed E-state index contributed by atoms with van der Waals surface area (Å²) in [7, 11) is 0. The summed E-state index contributed by atoms with van der Waals surface area (Å²) in [6.07, 6.45) is 0. The maximum atomic E-state index is 12.0. The minimum absolute atomic E-state index is 0.0495. The van der Waals surface area contributed by atoms with Gasteiger partial charge in [-0.3, -0.25) is 9.69 Å². The molecule has 0 aliphatic heterocycles. The number of hydrogen-bond acceptors (Lipinski definition) is 3. The first-order chi connectivity index (χ1) is 8.19. The monoisotopic (exact) mass is 236 g/mol. The van der Waals surface area contributed by atoms with Crippen LogP contribution in [0.15, 0.2) is 30.3 Å². The van der Waals surface area contributed by atoms with Gasteiger partial charge < -0.3 is 10.4 Å². The summed E-state index contributed by atoms with van der Waals surface area (Å²) >= 11 is 0. The zero-order valence-electron chi connectivity index (χ0n) is 10.4. The minimum atomic E-state index is -0.243. The maximum absolute atomic E-state index is 12.0. The first-order valence-corrected chi connectivity index (χ1v) is 5.89. The van der Waals surface area contributed by atoms with E-state index in [-0.39, 0.29) is 18.6 Å². The van der Waals surface area contributed by atoms with E-state index in [2.05, 4.69) is 5.32 Å². The molecule has 0 fully saturated rings. The highest BCUT2D eigenvalue weighted by molar-refractivity contribution is 5.94. The van der Waals surface area contributed by atoms with Crippen molar-refractivity contribution in [1.82, 2.24) is 4.90 Å². The molecule has 2 N–H and O–H groups in total. The SMILES string of the molecule is CCN(CCO)C(C)C(=O)Nc1ccccc1. The van der Waals surface area contributed by atoms with Crippen LogP contribution in [0.3, 0.4) is 0 Å².